The van der Waals surface area contributed by atoms with E-state index in [0.717, 1.165) is 10.6 Å². The fourth-order valence-corrected chi connectivity index (χ4v) is 2.88. The minimum Gasteiger partial charge on any atom is -0.469 e. The number of thiazole rings is 1. The average Bonchev–Trinajstić information content (AvgIpc) is 3.08. The third kappa shape index (κ3) is 3.62. The molecule has 2 rings (SSSR count). The summed E-state index contributed by atoms with van der Waals surface area (Å²) in [5, 5.41) is 9.11. The zero-order chi connectivity index (χ0) is 13.7. The number of carbonyl (C=O) groups excluding carboxylic acids is 2. The standard InChI is InChI=1S/C12H12N2O3S2/c1-17-10(15)2-4-13-11(16)9-7-19-12(14-9)8-3-5-18-6-8/h3,5-7H,2,4H2,1H3,(H,13,16). The Labute approximate surface area is 118 Å². The highest BCUT2D eigenvalue weighted by Gasteiger charge is 2.12. The molecule has 0 aliphatic carbocycles. The van der Waals surface area contributed by atoms with Crippen LogP contribution < -0.4 is 5.32 Å². The van der Waals surface area contributed by atoms with Crippen LogP contribution in [0, 0.1) is 0 Å². The monoisotopic (exact) mass is 296 g/mol. The van der Waals surface area contributed by atoms with Gasteiger partial charge in [0.25, 0.3) is 5.91 Å². The first kappa shape index (κ1) is 13.7. The fourth-order valence-electron chi connectivity index (χ4n) is 1.37. The van der Waals surface area contributed by atoms with Gasteiger partial charge in [-0.3, -0.25) is 9.59 Å². The van der Waals surface area contributed by atoms with E-state index in [1.165, 1.54) is 18.4 Å². The SMILES string of the molecule is COC(=O)CCNC(=O)c1csc(-c2ccsc2)n1. The number of aromatic nitrogens is 1. The van der Waals surface area contributed by atoms with Crippen molar-refractivity contribution in [2.75, 3.05) is 13.7 Å². The molecule has 0 radical (unpaired) electrons. The Kier molecular flexibility index (Phi) is 4.64. The molecule has 0 unspecified atom stereocenters. The van der Waals surface area contributed by atoms with E-state index in [-0.39, 0.29) is 24.8 Å². The maximum absolute atomic E-state index is 11.8. The number of nitrogens with zero attached hydrogens (tertiary/aromatic N) is 1. The number of esters is 1. The van der Waals surface area contributed by atoms with Crippen molar-refractivity contribution in [3.05, 3.63) is 27.9 Å². The Hall–Kier alpha value is -1.73. The number of hydrogen-bond donors (Lipinski definition) is 1. The van der Waals surface area contributed by atoms with Crippen LogP contribution in [0.3, 0.4) is 0 Å². The van der Waals surface area contributed by atoms with Gasteiger partial charge in [-0.1, -0.05) is 0 Å². The summed E-state index contributed by atoms with van der Waals surface area (Å²) in [6.45, 7) is 0.247. The van der Waals surface area contributed by atoms with Crippen molar-refractivity contribution in [1.82, 2.24) is 10.3 Å². The van der Waals surface area contributed by atoms with Crippen molar-refractivity contribution in [3.63, 3.8) is 0 Å². The van der Waals surface area contributed by atoms with Crippen molar-refractivity contribution in [3.8, 4) is 10.6 Å². The number of hydrogen-bond acceptors (Lipinski definition) is 6. The van der Waals surface area contributed by atoms with E-state index in [2.05, 4.69) is 15.0 Å². The average molecular weight is 296 g/mol. The summed E-state index contributed by atoms with van der Waals surface area (Å²) in [7, 11) is 1.32. The van der Waals surface area contributed by atoms with Crippen molar-refractivity contribution in [1.29, 1.82) is 0 Å². The molecule has 5 nitrogen and oxygen atoms in total. The Morgan fingerprint density at radius 2 is 2.26 bits per heavy atom. The second-order valence-electron chi connectivity index (χ2n) is 3.63. The molecule has 0 spiro atoms. The first-order chi connectivity index (χ1) is 9.20. The van der Waals surface area contributed by atoms with Gasteiger partial charge in [0, 0.05) is 22.9 Å². The summed E-state index contributed by atoms with van der Waals surface area (Å²) in [4.78, 5) is 27.0. The third-order valence-corrected chi connectivity index (χ3v) is 3.92. The minimum atomic E-state index is -0.350. The van der Waals surface area contributed by atoms with E-state index in [0.29, 0.717) is 5.69 Å². The second-order valence-corrected chi connectivity index (χ2v) is 5.27. The lowest BCUT2D eigenvalue weighted by atomic mass is 10.3. The maximum Gasteiger partial charge on any atom is 0.307 e. The molecular formula is C12H12N2O3S2. The Balaban J connectivity index is 1.91. The Morgan fingerprint density at radius 3 is 2.95 bits per heavy atom. The number of nitrogens with one attached hydrogen (secondary N) is 1. The van der Waals surface area contributed by atoms with Crippen molar-refractivity contribution in [2.24, 2.45) is 0 Å². The molecule has 0 bridgehead atoms. The van der Waals surface area contributed by atoms with E-state index in [9.17, 15) is 9.59 Å². The van der Waals surface area contributed by atoms with E-state index < -0.39 is 0 Å². The van der Waals surface area contributed by atoms with Crippen LogP contribution >= 0.6 is 22.7 Å². The van der Waals surface area contributed by atoms with Gasteiger partial charge < -0.3 is 10.1 Å². The van der Waals surface area contributed by atoms with Crippen LogP contribution in [0.4, 0.5) is 0 Å². The molecule has 0 aliphatic heterocycles. The minimum absolute atomic E-state index is 0.157. The largest absolute Gasteiger partial charge is 0.469 e. The molecule has 2 heterocycles. The Bertz CT molecular complexity index is 563. The summed E-state index contributed by atoms with van der Waals surface area (Å²) in [5.41, 5.74) is 1.39. The number of carbonyl (C=O) groups is 2. The van der Waals surface area contributed by atoms with Gasteiger partial charge in [-0.2, -0.15) is 11.3 Å². The molecule has 2 aromatic heterocycles. The first-order valence-electron chi connectivity index (χ1n) is 5.54. The highest BCUT2D eigenvalue weighted by Crippen LogP contribution is 2.25. The van der Waals surface area contributed by atoms with E-state index in [4.69, 9.17) is 0 Å². The third-order valence-electron chi connectivity index (χ3n) is 2.35. The Morgan fingerprint density at radius 1 is 1.42 bits per heavy atom. The number of methoxy groups -OCH3 is 1. The molecular weight excluding hydrogens is 284 g/mol. The molecule has 0 atom stereocenters. The molecule has 19 heavy (non-hydrogen) atoms. The number of ether oxygens (including phenoxy) is 1. The first-order valence-corrected chi connectivity index (χ1v) is 7.36. The topological polar surface area (TPSA) is 68.3 Å². The molecule has 7 heteroatoms. The lowest BCUT2D eigenvalue weighted by Crippen LogP contribution is -2.26. The normalized spacial score (nSPS) is 10.2. The molecule has 0 saturated heterocycles. The predicted molar refractivity (Wildman–Crippen MR) is 74.4 cm³/mol. The molecule has 1 N–H and O–H groups in total. The summed E-state index contributed by atoms with van der Waals surface area (Å²) < 4.78 is 4.49. The number of rotatable bonds is 5. The quantitative estimate of drug-likeness (QED) is 0.859. The van der Waals surface area contributed by atoms with Crippen LogP contribution in [0.15, 0.2) is 22.2 Å². The van der Waals surface area contributed by atoms with Crippen LogP contribution in [0.1, 0.15) is 16.9 Å². The summed E-state index contributed by atoms with van der Waals surface area (Å²) >= 11 is 3.01. The molecule has 0 fully saturated rings. The second kappa shape index (κ2) is 6.44. The van der Waals surface area contributed by atoms with Crippen LogP contribution in [0.5, 0.6) is 0 Å². The van der Waals surface area contributed by atoms with Gasteiger partial charge in [-0.25, -0.2) is 4.98 Å². The van der Waals surface area contributed by atoms with Gasteiger partial charge in [0.2, 0.25) is 0 Å². The van der Waals surface area contributed by atoms with Gasteiger partial charge in [0.1, 0.15) is 10.7 Å². The molecule has 0 aromatic carbocycles. The highest BCUT2D eigenvalue weighted by molar-refractivity contribution is 7.14. The zero-order valence-corrected chi connectivity index (χ0v) is 11.8. The summed E-state index contributed by atoms with van der Waals surface area (Å²) in [6, 6.07) is 1.96. The highest BCUT2D eigenvalue weighted by atomic mass is 32.1. The van der Waals surface area contributed by atoms with Crippen molar-refractivity contribution < 1.29 is 14.3 Å². The lowest BCUT2D eigenvalue weighted by Gasteiger charge is -2.01. The van der Waals surface area contributed by atoms with Gasteiger partial charge in [0.05, 0.1) is 13.5 Å². The van der Waals surface area contributed by atoms with Crippen LogP contribution in [0.2, 0.25) is 0 Å². The van der Waals surface area contributed by atoms with Gasteiger partial charge in [-0.05, 0) is 11.4 Å². The van der Waals surface area contributed by atoms with Gasteiger partial charge in [0.15, 0.2) is 0 Å². The van der Waals surface area contributed by atoms with E-state index in [1.54, 1.807) is 16.7 Å². The smallest absolute Gasteiger partial charge is 0.307 e. The van der Waals surface area contributed by atoms with Crippen LogP contribution in [0.25, 0.3) is 10.6 Å². The lowest BCUT2D eigenvalue weighted by molar-refractivity contribution is -0.140. The maximum atomic E-state index is 11.8. The number of thiophene rings is 1. The van der Waals surface area contributed by atoms with Gasteiger partial charge >= 0.3 is 5.97 Å². The molecule has 1 amide bonds. The molecule has 0 saturated carbocycles. The van der Waals surface area contributed by atoms with Crippen molar-refractivity contribution >= 4 is 34.6 Å². The molecule has 0 aliphatic rings. The molecule has 2 aromatic rings. The predicted octanol–water partition coefficient (Wildman–Crippen LogP) is 2.16. The summed E-state index contributed by atoms with van der Waals surface area (Å²) in [5.74, 6) is -0.626. The van der Waals surface area contributed by atoms with E-state index >= 15 is 0 Å². The zero-order valence-electron chi connectivity index (χ0n) is 10.2. The molecule has 100 valence electrons. The summed E-state index contributed by atoms with van der Waals surface area (Å²) in [6.07, 6.45) is 0.157. The van der Waals surface area contributed by atoms with E-state index in [1.807, 2.05) is 16.8 Å². The van der Waals surface area contributed by atoms with Crippen molar-refractivity contribution in [2.45, 2.75) is 6.42 Å². The van der Waals surface area contributed by atoms with Crippen LogP contribution in [-0.4, -0.2) is 30.5 Å². The van der Waals surface area contributed by atoms with Gasteiger partial charge in [-0.15, -0.1) is 11.3 Å². The van der Waals surface area contributed by atoms with Crippen LogP contribution in [-0.2, 0) is 9.53 Å². The number of amides is 1. The fraction of sp³-hybridized carbons (Fsp3) is 0.250.